The number of hydrogen-bond acceptors (Lipinski definition) is 3. The van der Waals surface area contributed by atoms with Gasteiger partial charge in [0.05, 0.1) is 16.3 Å². The van der Waals surface area contributed by atoms with E-state index in [2.05, 4.69) is 10.4 Å². The highest BCUT2D eigenvalue weighted by Gasteiger charge is 2.34. The lowest BCUT2D eigenvalue weighted by molar-refractivity contribution is -0.137. The van der Waals surface area contributed by atoms with Crippen molar-refractivity contribution in [1.82, 2.24) is 5.32 Å². The van der Waals surface area contributed by atoms with Crippen molar-refractivity contribution in [3.8, 4) is 0 Å². The minimum atomic E-state index is -4.51. The van der Waals surface area contributed by atoms with Crippen molar-refractivity contribution in [2.75, 3.05) is 11.6 Å². The average molecular weight is 292 g/mol. The number of nitrogens with zero attached hydrogens (tertiary/aromatic N) is 2. The van der Waals surface area contributed by atoms with Crippen molar-refractivity contribution in [2.45, 2.75) is 12.6 Å². The summed E-state index contributed by atoms with van der Waals surface area (Å²) in [5, 5.41) is 7.41. The van der Waals surface area contributed by atoms with Gasteiger partial charge < -0.3 is 5.32 Å². The van der Waals surface area contributed by atoms with Crippen molar-refractivity contribution in [3.05, 3.63) is 28.8 Å². The lowest BCUT2D eigenvalue weighted by atomic mass is 10.2. The van der Waals surface area contributed by atoms with E-state index in [1.54, 1.807) is 0 Å². The number of carbonyl (C=O) groups is 1. The molecular formula is C11H9ClF3N3O. The topological polar surface area (TPSA) is 44.7 Å². The predicted molar refractivity (Wildman–Crippen MR) is 65.1 cm³/mol. The van der Waals surface area contributed by atoms with E-state index in [4.69, 9.17) is 11.6 Å². The number of halogens is 4. The number of benzene rings is 1. The number of hydrogen-bond donors (Lipinski definition) is 1. The molecule has 0 unspecified atom stereocenters. The number of amidine groups is 1. The molecule has 0 aromatic heterocycles. The second kappa shape index (κ2) is 5.08. The molecule has 8 heteroatoms. The van der Waals surface area contributed by atoms with Crippen LogP contribution in [0.1, 0.15) is 12.0 Å². The van der Waals surface area contributed by atoms with E-state index in [1.807, 2.05) is 0 Å². The number of carbonyl (C=O) groups excluding carboxylic acids is 1. The zero-order valence-corrected chi connectivity index (χ0v) is 10.3. The predicted octanol–water partition coefficient (Wildman–Crippen LogP) is 2.63. The molecule has 1 aromatic rings. The largest absolute Gasteiger partial charge is 0.417 e. The summed E-state index contributed by atoms with van der Waals surface area (Å²) in [5.41, 5.74) is -0.627. The summed E-state index contributed by atoms with van der Waals surface area (Å²) in [5.74, 6) is 0.415. The molecule has 1 amide bonds. The van der Waals surface area contributed by atoms with Crippen LogP contribution >= 0.6 is 11.6 Å². The number of anilines is 1. The third-order valence-electron chi connectivity index (χ3n) is 2.58. The Kier molecular flexibility index (Phi) is 3.66. The van der Waals surface area contributed by atoms with Gasteiger partial charge in [-0.15, -0.1) is 0 Å². The first-order valence-corrected chi connectivity index (χ1v) is 5.71. The molecule has 4 nitrogen and oxygen atoms in total. The molecule has 0 spiro atoms. The van der Waals surface area contributed by atoms with E-state index < -0.39 is 11.7 Å². The fraction of sp³-hybridized carbons (Fsp3) is 0.273. The van der Waals surface area contributed by atoms with Gasteiger partial charge in [-0.05, 0) is 18.2 Å². The Morgan fingerprint density at radius 1 is 1.42 bits per heavy atom. The van der Waals surface area contributed by atoms with Crippen LogP contribution in [0.15, 0.2) is 23.3 Å². The van der Waals surface area contributed by atoms with Gasteiger partial charge in [0, 0.05) is 13.0 Å². The molecule has 0 saturated carbocycles. The van der Waals surface area contributed by atoms with Gasteiger partial charge in [0.15, 0.2) is 0 Å². The Morgan fingerprint density at radius 2 is 2.16 bits per heavy atom. The number of alkyl halides is 3. The number of rotatable bonds is 2. The normalized spacial score (nSPS) is 15.4. The summed E-state index contributed by atoms with van der Waals surface area (Å²) < 4.78 is 38.1. The molecular weight excluding hydrogens is 283 g/mol. The first-order chi connectivity index (χ1) is 8.91. The fourth-order valence-corrected chi connectivity index (χ4v) is 1.93. The highest BCUT2D eigenvalue weighted by atomic mass is 35.5. The Hall–Kier alpha value is -1.76. The third kappa shape index (κ3) is 2.98. The zero-order chi connectivity index (χ0) is 14.0. The van der Waals surface area contributed by atoms with Crippen molar-refractivity contribution in [1.29, 1.82) is 0 Å². The molecule has 0 radical (unpaired) electrons. The van der Waals surface area contributed by atoms with Crippen LogP contribution in [0.2, 0.25) is 5.02 Å². The summed E-state index contributed by atoms with van der Waals surface area (Å²) in [6.07, 6.45) is -3.57. The highest BCUT2D eigenvalue weighted by Crippen LogP contribution is 2.37. The quantitative estimate of drug-likeness (QED) is 0.851. The maximum Gasteiger partial charge on any atom is 0.417 e. The van der Waals surface area contributed by atoms with Gasteiger partial charge in [-0.1, -0.05) is 11.6 Å². The Balaban J connectivity index is 2.30. The molecule has 0 fully saturated rings. The van der Waals surface area contributed by atoms with Gasteiger partial charge >= 0.3 is 6.18 Å². The van der Waals surface area contributed by atoms with Gasteiger partial charge in [0.25, 0.3) is 0 Å². The summed E-state index contributed by atoms with van der Waals surface area (Å²) >= 11 is 5.53. The summed E-state index contributed by atoms with van der Waals surface area (Å²) in [6, 6.07) is 3.57. The zero-order valence-electron chi connectivity index (χ0n) is 9.54. The lowest BCUT2D eigenvalue weighted by Crippen LogP contribution is -2.18. The molecule has 1 heterocycles. The van der Waals surface area contributed by atoms with E-state index in [9.17, 15) is 18.0 Å². The summed E-state index contributed by atoms with van der Waals surface area (Å²) in [6.45, 7) is 0.398. The van der Waals surface area contributed by atoms with E-state index in [-0.39, 0.29) is 10.7 Å². The van der Waals surface area contributed by atoms with Crippen LogP contribution in [-0.2, 0) is 11.0 Å². The van der Waals surface area contributed by atoms with Crippen LogP contribution in [0.5, 0.6) is 0 Å². The van der Waals surface area contributed by atoms with E-state index in [0.29, 0.717) is 25.2 Å². The molecule has 1 aliphatic heterocycles. The molecule has 0 bridgehead atoms. The van der Waals surface area contributed by atoms with E-state index >= 15 is 0 Å². The van der Waals surface area contributed by atoms with Crippen LogP contribution < -0.4 is 10.3 Å². The van der Waals surface area contributed by atoms with Crippen LogP contribution in [0, 0.1) is 0 Å². The summed E-state index contributed by atoms with van der Waals surface area (Å²) in [7, 11) is 0. The minimum absolute atomic E-state index is 0.277. The highest BCUT2D eigenvalue weighted by molar-refractivity contribution is 6.31. The second-order valence-corrected chi connectivity index (χ2v) is 4.25. The molecule has 102 valence electrons. The van der Waals surface area contributed by atoms with Crippen molar-refractivity contribution in [2.24, 2.45) is 5.10 Å². The Morgan fingerprint density at radius 3 is 2.79 bits per heavy atom. The molecule has 0 atom stereocenters. The standard InChI is InChI=1S/C11H9ClF3N3O/c12-9-2-1-7(5-8(9)11(13,14)15)18-4-3-10(17-18)16-6-19/h1-2,5-6H,3-4H2,(H,16,17,19). The number of amides is 1. The Bertz CT molecular complexity index is 530. The molecule has 1 N–H and O–H groups in total. The van der Waals surface area contributed by atoms with Crippen LogP contribution in [-0.4, -0.2) is 18.8 Å². The van der Waals surface area contributed by atoms with Crippen LogP contribution in [0.3, 0.4) is 0 Å². The minimum Gasteiger partial charge on any atom is -0.315 e. The molecule has 1 aromatic carbocycles. The van der Waals surface area contributed by atoms with Gasteiger partial charge in [0.1, 0.15) is 5.84 Å². The number of hydrazone groups is 1. The Labute approximate surface area is 111 Å². The average Bonchev–Trinajstić information content (AvgIpc) is 2.77. The smallest absolute Gasteiger partial charge is 0.315 e. The fourth-order valence-electron chi connectivity index (χ4n) is 1.70. The second-order valence-electron chi connectivity index (χ2n) is 3.84. The maximum atomic E-state index is 12.7. The van der Waals surface area contributed by atoms with Gasteiger partial charge in [-0.3, -0.25) is 9.80 Å². The van der Waals surface area contributed by atoms with Crippen molar-refractivity contribution < 1.29 is 18.0 Å². The van der Waals surface area contributed by atoms with Crippen LogP contribution in [0.4, 0.5) is 18.9 Å². The van der Waals surface area contributed by atoms with Crippen molar-refractivity contribution >= 4 is 29.5 Å². The van der Waals surface area contributed by atoms with E-state index in [0.717, 1.165) is 6.07 Å². The van der Waals surface area contributed by atoms with Crippen molar-refractivity contribution in [3.63, 3.8) is 0 Å². The molecule has 1 aliphatic rings. The van der Waals surface area contributed by atoms with Gasteiger partial charge in [-0.2, -0.15) is 18.3 Å². The lowest BCUT2D eigenvalue weighted by Gasteiger charge is -2.16. The third-order valence-corrected chi connectivity index (χ3v) is 2.91. The molecule has 0 aliphatic carbocycles. The SMILES string of the molecule is O=CNC1=NN(c2ccc(Cl)c(C(F)(F)F)c2)CC1. The molecule has 0 saturated heterocycles. The monoisotopic (exact) mass is 291 g/mol. The first-order valence-electron chi connectivity index (χ1n) is 5.34. The van der Waals surface area contributed by atoms with Gasteiger partial charge in [-0.25, -0.2) is 0 Å². The molecule has 2 rings (SSSR count). The maximum absolute atomic E-state index is 12.7. The van der Waals surface area contributed by atoms with Crippen LogP contribution in [0.25, 0.3) is 0 Å². The first kappa shape index (κ1) is 13.7. The number of nitrogens with one attached hydrogen (secondary N) is 1. The summed E-state index contributed by atoms with van der Waals surface area (Å²) in [4.78, 5) is 10.3. The van der Waals surface area contributed by atoms with E-state index in [1.165, 1.54) is 17.1 Å². The molecule has 19 heavy (non-hydrogen) atoms. The van der Waals surface area contributed by atoms with Gasteiger partial charge in [0.2, 0.25) is 6.41 Å².